The molecule has 104 valence electrons. The lowest BCUT2D eigenvalue weighted by molar-refractivity contribution is 0.0997. The van der Waals surface area contributed by atoms with Crippen LogP contribution in [-0.4, -0.2) is 18.6 Å². The molecule has 0 radical (unpaired) electrons. The predicted molar refractivity (Wildman–Crippen MR) is 85.2 cm³/mol. The molecule has 0 fully saturated rings. The monoisotopic (exact) mass is 304 g/mol. The van der Waals surface area contributed by atoms with Crippen LogP contribution in [-0.2, 0) is 18.6 Å². The Labute approximate surface area is 127 Å². The minimum atomic E-state index is 0.211. The number of hydrogen-bond acceptors (Lipinski definition) is 4. The van der Waals surface area contributed by atoms with Gasteiger partial charge < -0.3 is 4.74 Å². The normalized spacial score (nSPS) is 13.8. The largest absolute Gasteiger partial charge is 0.497 e. The molecule has 0 unspecified atom stereocenters. The molecule has 0 bridgehead atoms. The highest BCUT2D eigenvalue weighted by Crippen LogP contribution is 2.32. The van der Waals surface area contributed by atoms with Gasteiger partial charge in [-0.1, -0.05) is 12.1 Å². The van der Waals surface area contributed by atoms with Crippen molar-refractivity contribution in [2.24, 2.45) is 0 Å². The molecule has 3 rings (SSSR count). The first-order valence-electron chi connectivity index (χ1n) is 6.62. The molecule has 0 aliphatic carbocycles. The fourth-order valence-corrected chi connectivity index (χ4v) is 4.65. The maximum atomic E-state index is 12.4. The zero-order valence-corrected chi connectivity index (χ0v) is 13.0. The second-order valence-corrected chi connectivity index (χ2v) is 7.06. The summed E-state index contributed by atoms with van der Waals surface area (Å²) in [5, 5.41) is 0. The van der Waals surface area contributed by atoms with Gasteiger partial charge in [0.2, 0.25) is 0 Å². The second-order valence-electron chi connectivity index (χ2n) is 4.81. The lowest BCUT2D eigenvalue weighted by Crippen LogP contribution is -2.01. The number of ketones is 1. The second kappa shape index (κ2) is 6.02. The van der Waals surface area contributed by atoms with Gasteiger partial charge in [0.25, 0.3) is 0 Å². The van der Waals surface area contributed by atoms with Crippen LogP contribution >= 0.6 is 23.1 Å². The van der Waals surface area contributed by atoms with Crippen molar-refractivity contribution in [3.05, 3.63) is 51.2 Å². The summed E-state index contributed by atoms with van der Waals surface area (Å²) in [5.41, 5.74) is 2.37. The van der Waals surface area contributed by atoms with Crippen molar-refractivity contribution in [1.29, 1.82) is 0 Å². The van der Waals surface area contributed by atoms with E-state index in [2.05, 4.69) is 6.07 Å². The van der Waals surface area contributed by atoms with Gasteiger partial charge in [0.1, 0.15) is 5.75 Å². The zero-order valence-electron chi connectivity index (χ0n) is 11.3. The number of fused-ring (bicyclic) bond motifs is 1. The number of thioether (sulfide) groups is 1. The molecule has 0 saturated heterocycles. The van der Waals surface area contributed by atoms with Gasteiger partial charge in [-0.2, -0.15) is 11.8 Å². The van der Waals surface area contributed by atoms with Crippen molar-refractivity contribution in [3.63, 3.8) is 0 Å². The van der Waals surface area contributed by atoms with Gasteiger partial charge >= 0.3 is 0 Å². The summed E-state index contributed by atoms with van der Waals surface area (Å²) in [4.78, 5) is 14.7. The molecule has 1 aromatic heterocycles. The summed E-state index contributed by atoms with van der Waals surface area (Å²) in [6.07, 6.45) is 1.56. The first kappa shape index (κ1) is 13.7. The van der Waals surface area contributed by atoms with Gasteiger partial charge in [-0.15, -0.1) is 11.3 Å². The summed E-state index contributed by atoms with van der Waals surface area (Å²) in [6.45, 7) is 0. The molecule has 1 aromatic carbocycles. The number of Topliss-reactive ketones (excluding diaryl/α,β-unsaturated/α-hetero) is 1. The first-order chi connectivity index (χ1) is 9.76. The molecule has 2 aromatic rings. The van der Waals surface area contributed by atoms with Gasteiger partial charge in [-0.05, 0) is 41.5 Å². The van der Waals surface area contributed by atoms with E-state index in [4.69, 9.17) is 4.74 Å². The number of rotatable bonds is 4. The van der Waals surface area contributed by atoms with E-state index in [1.165, 1.54) is 16.2 Å². The number of ether oxygens (including phenoxy) is 1. The summed E-state index contributed by atoms with van der Waals surface area (Å²) < 4.78 is 5.20. The van der Waals surface area contributed by atoms with Crippen molar-refractivity contribution >= 4 is 28.9 Å². The predicted octanol–water partition coefficient (Wildman–Crippen LogP) is 3.97. The van der Waals surface area contributed by atoms with E-state index in [1.54, 1.807) is 18.4 Å². The summed E-state index contributed by atoms with van der Waals surface area (Å²) in [6, 6.07) is 9.83. The van der Waals surface area contributed by atoms with Gasteiger partial charge in [0.15, 0.2) is 5.78 Å². The molecular formula is C16H16O2S2. The third-order valence-electron chi connectivity index (χ3n) is 3.40. The Morgan fingerprint density at radius 2 is 2.25 bits per heavy atom. The van der Waals surface area contributed by atoms with Crippen LogP contribution in [0, 0.1) is 0 Å². The highest BCUT2D eigenvalue weighted by atomic mass is 32.2. The van der Waals surface area contributed by atoms with E-state index in [0.717, 1.165) is 28.4 Å². The van der Waals surface area contributed by atoms with E-state index in [0.29, 0.717) is 6.42 Å². The molecule has 0 atom stereocenters. The van der Waals surface area contributed by atoms with Crippen molar-refractivity contribution in [1.82, 2.24) is 0 Å². The third-order valence-corrected chi connectivity index (χ3v) is 5.69. The lowest BCUT2D eigenvalue weighted by atomic mass is 10.1. The first-order valence-corrected chi connectivity index (χ1v) is 8.59. The van der Waals surface area contributed by atoms with Crippen LogP contribution in [0.4, 0.5) is 0 Å². The van der Waals surface area contributed by atoms with Crippen molar-refractivity contribution in [3.8, 4) is 5.75 Å². The smallest absolute Gasteiger partial charge is 0.177 e. The Morgan fingerprint density at radius 1 is 1.35 bits per heavy atom. The highest BCUT2D eigenvalue weighted by Gasteiger charge is 2.17. The summed E-state index contributed by atoms with van der Waals surface area (Å²) in [5.74, 6) is 3.25. The van der Waals surface area contributed by atoms with Crippen LogP contribution in [0.2, 0.25) is 0 Å². The van der Waals surface area contributed by atoms with Crippen LogP contribution in [0.25, 0.3) is 0 Å². The topological polar surface area (TPSA) is 26.3 Å². The number of carbonyl (C=O) groups excluding carboxylic acids is 1. The number of aryl methyl sites for hydroxylation is 1. The lowest BCUT2D eigenvalue weighted by Gasteiger charge is -2.08. The molecule has 0 amide bonds. The van der Waals surface area contributed by atoms with E-state index in [-0.39, 0.29) is 5.78 Å². The molecule has 0 N–H and O–H groups in total. The zero-order chi connectivity index (χ0) is 13.9. The van der Waals surface area contributed by atoms with Gasteiger partial charge in [-0.3, -0.25) is 4.79 Å². The molecule has 0 spiro atoms. The minimum Gasteiger partial charge on any atom is -0.497 e. The third kappa shape index (κ3) is 2.91. The fourth-order valence-electron chi connectivity index (χ4n) is 2.34. The van der Waals surface area contributed by atoms with E-state index < -0.39 is 0 Å². The molecule has 1 aliphatic rings. The molecule has 20 heavy (non-hydrogen) atoms. The Balaban J connectivity index is 1.77. The molecular weight excluding hydrogens is 288 g/mol. The Hall–Kier alpha value is -1.26. The molecule has 1 aliphatic heterocycles. The van der Waals surface area contributed by atoms with Crippen LogP contribution < -0.4 is 4.74 Å². The Kier molecular flexibility index (Phi) is 4.13. The quantitative estimate of drug-likeness (QED) is 0.800. The van der Waals surface area contributed by atoms with Gasteiger partial charge in [0, 0.05) is 17.1 Å². The molecule has 2 heterocycles. The highest BCUT2D eigenvalue weighted by molar-refractivity contribution is 7.98. The fraction of sp³-hybridized carbons (Fsp3) is 0.312. The van der Waals surface area contributed by atoms with Gasteiger partial charge in [0.05, 0.1) is 12.0 Å². The van der Waals surface area contributed by atoms with E-state index >= 15 is 0 Å². The molecule has 4 heteroatoms. The van der Waals surface area contributed by atoms with E-state index in [1.807, 2.05) is 36.0 Å². The van der Waals surface area contributed by atoms with Crippen molar-refractivity contribution in [2.45, 2.75) is 18.6 Å². The van der Waals surface area contributed by atoms with Crippen LogP contribution in [0.5, 0.6) is 5.75 Å². The van der Waals surface area contributed by atoms with Crippen molar-refractivity contribution < 1.29 is 9.53 Å². The number of carbonyl (C=O) groups is 1. The average molecular weight is 304 g/mol. The maximum absolute atomic E-state index is 12.4. The molecule has 0 saturated carbocycles. The number of hydrogen-bond donors (Lipinski definition) is 0. The minimum absolute atomic E-state index is 0.211. The average Bonchev–Trinajstić information content (AvgIpc) is 2.91. The van der Waals surface area contributed by atoms with Crippen LogP contribution in [0.1, 0.15) is 25.7 Å². The Morgan fingerprint density at radius 3 is 3.05 bits per heavy atom. The van der Waals surface area contributed by atoms with Crippen molar-refractivity contribution in [2.75, 3.05) is 12.9 Å². The van der Waals surface area contributed by atoms with E-state index in [9.17, 15) is 4.79 Å². The van der Waals surface area contributed by atoms with Gasteiger partial charge in [-0.25, -0.2) is 0 Å². The van der Waals surface area contributed by atoms with Crippen LogP contribution in [0.15, 0.2) is 30.3 Å². The maximum Gasteiger partial charge on any atom is 0.177 e. The number of benzene rings is 1. The standard InChI is InChI=1S/C16H16O2S2/c1-18-13-4-2-3-11(7-13)8-14(17)16-9-12-10-19-6-5-15(12)20-16/h2-4,7,9H,5-6,8,10H2,1H3. The molecule has 2 nitrogen and oxygen atoms in total. The number of thiophene rings is 1. The number of methoxy groups -OCH3 is 1. The Bertz CT molecular complexity index is 608. The summed E-state index contributed by atoms with van der Waals surface area (Å²) in [7, 11) is 1.64. The van der Waals surface area contributed by atoms with Crippen LogP contribution in [0.3, 0.4) is 0 Å². The SMILES string of the molecule is COc1cccc(CC(=O)c2cc3c(s2)CCSC3)c1. The summed E-state index contributed by atoms with van der Waals surface area (Å²) >= 11 is 3.63.